The Kier molecular flexibility index (Phi) is 5.05. The van der Waals surface area contributed by atoms with Crippen LogP contribution in [0.1, 0.15) is 20.7 Å². The molecule has 7 heteroatoms. The SMILES string of the molecule is O=C([O-])[O-].O=C([O-])c1ccc(C(=O)[O-])cc1. The van der Waals surface area contributed by atoms with E-state index >= 15 is 0 Å². The number of carbonyl (C=O) groups excluding carboxylic acids is 3. The molecule has 0 N–H and O–H groups in total. The molecule has 16 heavy (non-hydrogen) atoms. The van der Waals surface area contributed by atoms with Crippen molar-refractivity contribution in [2.75, 3.05) is 0 Å². The van der Waals surface area contributed by atoms with E-state index in [1.807, 2.05) is 0 Å². The Morgan fingerprint density at radius 3 is 1.00 bits per heavy atom. The summed E-state index contributed by atoms with van der Waals surface area (Å²) in [5.41, 5.74) is -0.111. The molecule has 1 aromatic carbocycles. The monoisotopic (exact) mass is 224 g/mol. The molecule has 0 saturated carbocycles. The van der Waals surface area contributed by atoms with Gasteiger partial charge < -0.3 is 34.8 Å². The zero-order valence-electron chi connectivity index (χ0n) is 7.67. The van der Waals surface area contributed by atoms with Crippen LogP contribution in [0.15, 0.2) is 24.3 Å². The van der Waals surface area contributed by atoms with Gasteiger partial charge >= 0.3 is 0 Å². The van der Waals surface area contributed by atoms with Crippen molar-refractivity contribution >= 4 is 18.1 Å². The van der Waals surface area contributed by atoms with Crippen molar-refractivity contribution in [1.82, 2.24) is 0 Å². The number of hydrogen-bond donors (Lipinski definition) is 0. The largest absolute Gasteiger partial charge is 0.652 e. The number of carbonyl (C=O) groups is 3. The molecule has 0 aliphatic rings. The van der Waals surface area contributed by atoms with Gasteiger partial charge in [-0.25, -0.2) is 0 Å². The molecule has 0 radical (unpaired) electrons. The molecule has 0 amide bonds. The van der Waals surface area contributed by atoms with Gasteiger partial charge in [0.1, 0.15) is 0 Å². The topological polar surface area (TPSA) is 143 Å². The first-order chi connectivity index (χ1) is 7.34. The van der Waals surface area contributed by atoms with Crippen LogP contribution in [0.2, 0.25) is 0 Å². The highest BCUT2D eigenvalue weighted by atomic mass is 16.6. The summed E-state index contributed by atoms with van der Waals surface area (Å²) < 4.78 is 0. The second kappa shape index (κ2) is 6.02. The van der Waals surface area contributed by atoms with Crippen LogP contribution in [0.5, 0.6) is 0 Å². The summed E-state index contributed by atoms with van der Waals surface area (Å²) in [5.74, 6) is -2.67. The third-order valence-corrected chi connectivity index (χ3v) is 1.36. The van der Waals surface area contributed by atoms with Gasteiger partial charge in [-0.2, -0.15) is 0 Å². The molecule has 0 aromatic heterocycles. The first-order valence-electron chi connectivity index (χ1n) is 3.75. The predicted octanol–water partition coefficient (Wildman–Crippen LogP) is -4.03. The quantitative estimate of drug-likeness (QED) is 0.497. The van der Waals surface area contributed by atoms with Crippen molar-refractivity contribution in [2.24, 2.45) is 0 Å². The molecular weight excluding hydrogens is 220 g/mol. The summed E-state index contributed by atoms with van der Waals surface area (Å²) in [7, 11) is 0. The Morgan fingerprint density at radius 2 is 0.875 bits per heavy atom. The summed E-state index contributed by atoms with van der Waals surface area (Å²) in [6.07, 6.45) is -2.33. The van der Waals surface area contributed by atoms with E-state index in [-0.39, 0.29) is 11.1 Å². The molecule has 0 aliphatic carbocycles. The van der Waals surface area contributed by atoms with Gasteiger partial charge in [-0.05, 0) is 17.3 Å². The average Bonchev–Trinajstić information content (AvgIpc) is 2.17. The molecule has 0 unspecified atom stereocenters. The zero-order chi connectivity index (χ0) is 12.7. The van der Waals surface area contributed by atoms with Gasteiger partial charge in [-0.3, -0.25) is 0 Å². The predicted molar refractivity (Wildman–Crippen MR) is 40.5 cm³/mol. The fraction of sp³-hybridized carbons (Fsp3) is 0. The van der Waals surface area contributed by atoms with E-state index in [0.717, 1.165) is 24.3 Å². The Bertz CT molecular complexity index is 356. The molecule has 1 rings (SSSR count). The maximum absolute atomic E-state index is 10.2. The third-order valence-electron chi connectivity index (χ3n) is 1.36. The summed E-state index contributed by atoms with van der Waals surface area (Å²) in [5, 5.41) is 37.1. The Morgan fingerprint density at radius 1 is 0.688 bits per heavy atom. The zero-order valence-corrected chi connectivity index (χ0v) is 7.67. The molecule has 86 valence electrons. The molecule has 0 spiro atoms. The van der Waals surface area contributed by atoms with Gasteiger partial charge in [0.25, 0.3) is 0 Å². The lowest BCUT2D eigenvalue weighted by atomic mass is 10.1. The van der Waals surface area contributed by atoms with Crippen LogP contribution in [0.4, 0.5) is 4.79 Å². The molecule has 0 saturated heterocycles. The minimum atomic E-state index is -2.33. The van der Waals surface area contributed by atoms with Crippen molar-refractivity contribution in [3.05, 3.63) is 35.4 Å². The van der Waals surface area contributed by atoms with Gasteiger partial charge in [-0.15, -0.1) is 0 Å². The first kappa shape index (κ1) is 13.4. The Labute approximate surface area is 89.2 Å². The summed E-state index contributed by atoms with van der Waals surface area (Å²) in [4.78, 5) is 28.7. The van der Waals surface area contributed by atoms with Crippen molar-refractivity contribution in [1.29, 1.82) is 0 Å². The summed E-state index contributed by atoms with van der Waals surface area (Å²) in [6.45, 7) is 0. The molecular formula is C9H4O7-4. The average molecular weight is 224 g/mol. The molecule has 0 heterocycles. The van der Waals surface area contributed by atoms with E-state index in [4.69, 9.17) is 15.0 Å². The van der Waals surface area contributed by atoms with Crippen molar-refractivity contribution in [3.63, 3.8) is 0 Å². The number of carboxylic acid groups (broad SMARTS) is 4. The highest BCUT2D eigenvalue weighted by molar-refractivity contribution is 5.89. The maximum Gasteiger partial charge on any atom is 0.0715 e. The number of hydrogen-bond acceptors (Lipinski definition) is 7. The van der Waals surface area contributed by atoms with Crippen LogP contribution in [0.25, 0.3) is 0 Å². The lowest BCUT2D eigenvalue weighted by Gasteiger charge is -2.04. The molecule has 0 fully saturated rings. The normalized spacial score (nSPS) is 8.50. The van der Waals surface area contributed by atoms with E-state index in [2.05, 4.69) is 0 Å². The van der Waals surface area contributed by atoms with Crippen LogP contribution in [0.3, 0.4) is 0 Å². The van der Waals surface area contributed by atoms with Crippen molar-refractivity contribution in [3.8, 4) is 0 Å². The first-order valence-corrected chi connectivity index (χ1v) is 3.75. The summed E-state index contributed by atoms with van der Waals surface area (Å²) in [6, 6.07) is 4.61. The maximum atomic E-state index is 10.2. The van der Waals surface area contributed by atoms with Gasteiger partial charge in [0.05, 0.1) is 11.9 Å². The van der Waals surface area contributed by atoms with Crippen LogP contribution < -0.4 is 20.4 Å². The van der Waals surface area contributed by atoms with E-state index in [1.54, 1.807) is 0 Å². The standard InChI is InChI=1S/C8H6O4.CH2O3/c9-7(10)5-1-2-6(4-3-5)8(11)12;2-1(3)4/h1-4H,(H,9,10)(H,11,12);(H2,2,3,4)/p-4. The van der Waals surface area contributed by atoms with Crippen LogP contribution in [-0.2, 0) is 0 Å². The van der Waals surface area contributed by atoms with Crippen LogP contribution in [0, 0.1) is 0 Å². The Balaban J connectivity index is 0.000000487. The Hall–Kier alpha value is -2.57. The van der Waals surface area contributed by atoms with Gasteiger partial charge in [0.15, 0.2) is 0 Å². The minimum absolute atomic E-state index is 0.0556. The van der Waals surface area contributed by atoms with Crippen molar-refractivity contribution in [2.45, 2.75) is 0 Å². The number of rotatable bonds is 2. The fourth-order valence-corrected chi connectivity index (χ4v) is 0.742. The van der Waals surface area contributed by atoms with Gasteiger partial charge in [0, 0.05) is 0 Å². The van der Waals surface area contributed by atoms with Gasteiger partial charge in [-0.1, -0.05) is 24.3 Å². The molecule has 0 bridgehead atoms. The lowest BCUT2D eigenvalue weighted by molar-refractivity contribution is -0.415. The molecule has 0 aliphatic heterocycles. The second-order valence-corrected chi connectivity index (χ2v) is 2.40. The van der Waals surface area contributed by atoms with Crippen LogP contribution in [-0.4, -0.2) is 18.1 Å². The van der Waals surface area contributed by atoms with E-state index < -0.39 is 18.1 Å². The highest BCUT2D eigenvalue weighted by Gasteiger charge is 1.94. The molecule has 1 aromatic rings. The number of benzene rings is 1. The highest BCUT2D eigenvalue weighted by Crippen LogP contribution is 2.01. The van der Waals surface area contributed by atoms with Crippen LogP contribution >= 0.6 is 0 Å². The van der Waals surface area contributed by atoms with Crippen molar-refractivity contribution < 1.29 is 34.8 Å². The lowest BCUT2D eigenvalue weighted by Crippen LogP contribution is -2.37. The fourth-order valence-electron chi connectivity index (χ4n) is 0.742. The minimum Gasteiger partial charge on any atom is -0.652 e. The van der Waals surface area contributed by atoms with E-state index in [0.29, 0.717) is 0 Å². The number of carboxylic acids is 2. The third kappa shape index (κ3) is 5.22. The summed E-state index contributed by atoms with van der Waals surface area (Å²) >= 11 is 0. The van der Waals surface area contributed by atoms with E-state index in [1.165, 1.54) is 0 Å². The smallest absolute Gasteiger partial charge is 0.0715 e. The number of aromatic carboxylic acids is 2. The molecule has 7 nitrogen and oxygen atoms in total. The van der Waals surface area contributed by atoms with E-state index in [9.17, 15) is 19.8 Å². The van der Waals surface area contributed by atoms with Gasteiger partial charge in [0.2, 0.25) is 0 Å². The molecule has 0 atom stereocenters. The second-order valence-electron chi connectivity index (χ2n) is 2.40.